The van der Waals surface area contributed by atoms with Crippen LogP contribution in [0.4, 0.5) is 5.82 Å². The number of nitrogens with one attached hydrogen (secondary N) is 1. The van der Waals surface area contributed by atoms with Crippen molar-refractivity contribution in [1.82, 2.24) is 14.9 Å². The molecule has 1 aliphatic rings. The number of hydrogen-bond acceptors (Lipinski definition) is 5. The highest BCUT2D eigenvalue weighted by Crippen LogP contribution is 2.19. The van der Waals surface area contributed by atoms with Crippen molar-refractivity contribution in [1.29, 1.82) is 0 Å². The molecule has 1 unspecified atom stereocenters. The fourth-order valence-electron chi connectivity index (χ4n) is 1.73. The fraction of sp³-hybridized carbons (Fsp3) is 0.545. The van der Waals surface area contributed by atoms with Crippen LogP contribution in [0, 0.1) is 0 Å². The number of thioether (sulfide) groups is 1. The first-order chi connectivity index (χ1) is 8.20. The lowest BCUT2D eigenvalue weighted by atomic mass is 10.3. The van der Waals surface area contributed by atoms with E-state index in [-0.39, 0.29) is 5.91 Å². The summed E-state index contributed by atoms with van der Waals surface area (Å²) in [4.78, 5) is 22.2. The first-order valence-corrected chi connectivity index (χ1v) is 6.66. The van der Waals surface area contributed by atoms with Gasteiger partial charge in [0.05, 0.1) is 12.4 Å². The number of nitrogens with zero attached hydrogens (tertiary/aromatic N) is 3. The normalized spacial score (nSPS) is 20.1. The second kappa shape index (κ2) is 5.35. The zero-order valence-corrected chi connectivity index (χ0v) is 10.8. The average molecular weight is 252 g/mol. The van der Waals surface area contributed by atoms with Crippen LogP contribution in [0.15, 0.2) is 12.4 Å². The molecule has 0 radical (unpaired) electrons. The molecule has 1 atom stereocenters. The number of hydrogen-bond donors (Lipinski definition) is 1. The Hall–Kier alpha value is -1.30. The molecule has 2 rings (SSSR count). The summed E-state index contributed by atoms with van der Waals surface area (Å²) in [5.74, 6) is 1.64. The van der Waals surface area contributed by atoms with Crippen molar-refractivity contribution < 1.29 is 4.79 Å². The molecule has 5 nitrogen and oxygen atoms in total. The first kappa shape index (κ1) is 12.2. The van der Waals surface area contributed by atoms with Gasteiger partial charge in [0.2, 0.25) is 0 Å². The lowest BCUT2D eigenvalue weighted by Crippen LogP contribution is -2.41. The SMILES string of the molecule is CNc1cnc(C(=O)N2CCSC(C)C2)cn1. The molecule has 1 amide bonds. The standard InChI is InChI=1S/C11H16N4OS/c1-8-7-15(3-4-17-8)11(16)9-5-14-10(12-2)6-13-9/h5-6,8H,3-4,7H2,1-2H3,(H,12,14). The Morgan fingerprint density at radius 2 is 2.35 bits per heavy atom. The van der Waals surface area contributed by atoms with Gasteiger partial charge in [-0.05, 0) is 0 Å². The van der Waals surface area contributed by atoms with E-state index in [2.05, 4.69) is 22.2 Å². The molecule has 1 aromatic heterocycles. The zero-order chi connectivity index (χ0) is 12.3. The highest BCUT2D eigenvalue weighted by Gasteiger charge is 2.23. The van der Waals surface area contributed by atoms with Crippen molar-refractivity contribution in [3.05, 3.63) is 18.1 Å². The van der Waals surface area contributed by atoms with Gasteiger partial charge in [-0.1, -0.05) is 6.92 Å². The predicted octanol–water partition coefficient (Wildman–Crippen LogP) is 1.10. The molecule has 1 N–H and O–H groups in total. The Morgan fingerprint density at radius 1 is 1.53 bits per heavy atom. The maximum absolute atomic E-state index is 12.1. The van der Waals surface area contributed by atoms with E-state index >= 15 is 0 Å². The fourth-order valence-corrected chi connectivity index (χ4v) is 2.75. The smallest absolute Gasteiger partial charge is 0.274 e. The molecular weight excluding hydrogens is 236 g/mol. The van der Waals surface area contributed by atoms with Gasteiger partial charge in [0, 0.05) is 31.1 Å². The van der Waals surface area contributed by atoms with Gasteiger partial charge in [0.15, 0.2) is 0 Å². The highest BCUT2D eigenvalue weighted by molar-refractivity contribution is 7.99. The van der Waals surface area contributed by atoms with Gasteiger partial charge in [0.25, 0.3) is 5.91 Å². The predicted molar refractivity (Wildman–Crippen MR) is 69.4 cm³/mol. The van der Waals surface area contributed by atoms with Crippen molar-refractivity contribution >= 4 is 23.5 Å². The molecule has 17 heavy (non-hydrogen) atoms. The van der Waals surface area contributed by atoms with Gasteiger partial charge < -0.3 is 10.2 Å². The van der Waals surface area contributed by atoms with Crippen molar-refractivity contribution in [3.8, 4) is 0 Å². The van der Waals surface area contributed by atoms with E-state index in [1.807, 2.05) is 16.7 Å². The van der Waals surface area contributed by atoms with Gasteiger partial charge in [-0.25, -0.2) is 9.97 Å². The van der Waals surface area contributed by atoms with Crippen molar-refractivity contribution in [2.75, 3.05) is 31.2 Å². The summed E-state index contributed by atoms with van der Waals surface area (Å²) in [5.41, 5.74) is 0.420. The molecule has 6 heteroatoms. The summed E-state index contributed by atoms with van der Waals surface area (Å²) in [6, 6.07) is 0. The molecule has 0 saturated carbocycles. The van der Waals surface area contributed by atoms with Gasteiger partial charge in [-0.15, -0.1) is 0 Å². The van der Waals surface area contributed by atoms with Crippen molar-refractivity contribution in [3.63, 3.8) is 0 Å². The van der Waals surface area contributed by atoms with E-state index in [1.165, 1.54) is 6.20 Å². The van der Waals surface area contributed by atoms with Crippen LogP contribution in [-0.4, -0.2) is 51.9 Å². The molecule has 1 aromatic rings. The highest BCUT2D eigenvalue weighted by atomic mass is 32.2. The minimum absolute atomic E-state index is 0.0210. The first-order valence-electron chi connectivity index (χ1n) is 5.61. The van der Waals surface area contributed by atoms with Crippen LogP contribution in [0.25, 0.3) is 0 Å². The van der Waals surface area contributed by atoms with Gasteiger partial charge in [0.1, 0.15) is 11.5 Å². The molecule has 1 aliphatic heterocycles. The number of carbonyl (C=O) groups excluding carboxylic acids is 1. The van der Waals surface area contributed by atoms with Gasteiger partial charge in [-0.2, -0.15) is 11.8 Å². The van der Waals surface area contributed by atoms with Crippen LogP contribution in [0.5, 0.6) is 0 Å². The molecule has 1 fully saturated rings. The summed E-state index contributed by atoms with van der Waals surface area (Å²) < 4.78 is 0. The third kappa shape index (κ3) is 2.88. The Balaban J connectivity index is 2.07. The van der Waals surface area contributed by atoms with E-state index in [0.717, 1.165) is 18.8 Å². The molecule has 0 spiro atoms. The zero-order valence-electron chi connectivity index (χ0n) is 10.0. The molecule has 92 valence electrons. The monoisotopic (exact) mass is 252 g/mol. The van der Waals surface area contributed by atoms with Crippen molar-refractivity contribution in [2.45, 2.75) is 12.2 Å². The summed E-state index contributed by atoms with van der Waals surface area (Å²) in [6.07, 6.45) is 3.11. The van der Waals surface area contributed by atoms with Crippen LogP contribution in [0.1, 0.15) is 17.4 Å². The van der Waals surface area contributed by atoms with Crippen LogP contribution >= 0.6 is 11.8 Å². The topological polar surface area (TPSA) is 58.1 Å². The van der Waals surface area contributed by atoms with E-state index < -0.39 is 0 Å². The lowest BCUT2D eigenvalue weighted by Gasteiger charge is -2.30. The number of amides is 1. The Bertz CT molecular complexity index is 395. The molecule has 0 aromatic carbocycles. The summed E-state index contributed by atoms with van der Waals surface area (Å²) >= 11 is 1.90. The second-order valence-corrected chi connectivity index (χ2v) is 5.52. The quantitative estimate of drug-likeness (QED) is 0.854. The number of rotatable bonds is 2. The Morgan fingerprint density at radius 3 is 2.94 bits per heavy atom. The van der Waals surface area contributed by atoms with Gasteiger partial charge in [-0.3, -0.25) is 4.79 Å². The number of aromatic nitrogens is 2. The molecule has 1 saturated heterocycles. The second-order valence-electron chi connectivity index (χ2n) is 3.97. The molecule has 2 heterocycles. The van der Waals surface area contributed by atoms with E-state index in [0.29, 0.717) is 16.8 Å². The molecule has 0 aliphatic carbocycles. The van der Waals surface area contributed by atoms with Crippen LogP contribution in [0.2, 0.25) is 0 Å². The van der Waals surface area contributed by atoms with Crippen LogP contribution in [-0.2, 0) is 0 Å². The summed E-state index contributed by atoms with van der Waals surface area (Å²) in [7, 11) is 1.77. The number of carbonyl (C=O) groups is 1. The van der Waals surface area contributed by atoms with Crippen LogP contribution in [0.3, 0.4) is 0 Å². The largest absolute Gasteiger partial charge is 0.372 e. The average Bonchev–Trinajstić information content (AvgIpc) is 2.38. The minimum Gasteiger partial charge on any atom is -0.372 e. The summed E-state index contributed by atoms with van der Waals surface area (Å²) in [6.45, 7) is 3.72. The third-order valence-electron chi connectivity index (χ3n) is 2.66. The minimum atomic E-state index is -0.0210. The van der Waals surface area contributed by atoms with E-state index in [9.17, 15) is 4.79 Å². The summed E-state index contributed by atoms with van der Waals surface area (Å²) in [5, 5.41) is 3.38. The molecular formula is C11H16N4OS. The van der Waals surface area contributed by atoms with E-state index in [4.69, 9.17) is 0 Å². The Kier molecular flexibility index (Phi) is 3.83. The number of anilines is 1. The third-order valence-corrected chi connectivity index (χ3v) is 3.79. The molecule has 0 bridgehead atoms. The van der Waals surface area contributed by atoms with Crippen molar-refractivity contribution in [2.24, 2.45) is 0 Å². The Labute approximate surface area is 105 Å². The van der Waals surface area contributed by atoms with E-state index in [1.54, 1.807) is 13.2 Å². The maximum atomic E-state index is 12.1. The maximum Gasteiger partial charge on any atom is 0.274 e. The van der Waals surface area contributed by atoms with Gasteiger partial charge >= 0.3 is 0 Å². The lowest BCUT2D eigenvalue weighted by molar-refractivity contribution is 0.0757. The van der Waals surface area contributed by atoms with Crippen LogP contribution < -0.4 is 5.32 Å².